The Morgan fingerprint density at radius 3 is 2.24 bits per heavy atom. The molecule has 4 amide bonds. The van der Waals surface area contributed by atoms with Gasteiger partial charge in [-0.2, -0.15) is 0 Å². The number of fused-ring (bicyclic) bond motifs is 2. The Morgan fingerprint density at radius 2 is 1.45 bits per heavy atom. The van der Waals surface area contributed by atoms with Gasteiger partial charge >= 0.3 is 0 Å². The number of H-pyrrole nitrogens is 1. The number of aromatic amines is 1. The first-order valence-electron chi connectivity index (χ1n) is 8.56. The molecule has 1 aromatic heterocycles. The molecule has 5 rings (SSSR count). The lowest BCUT2D eigenvalue weighted by Gasteiger charge is -2.14. The van der Waals surface area contributed by atoms with E-state index in [0.29, 0.717) is 21.2 Å². The first-order valence-corrected chi connectivity index (χ1v) is 8.56. The van der Waals surface area contributed by atoms with Crippen LogP contribution in [0.5, 0.6) is 11.5 Å². The molecule has 3 heterocycles. The van der Waals surface area contributed by atoms with Gasteiger partial charge in [-0.25, -0.2) is 0 Å². The molecule has 0 radical (unpaired) electrons. The summed E-state index contributed by atoms with van der Waals surface area (Å²) in [7, 11) is 0. The number of nitrogens with one attached hydrogen (secondary N) is 1. The molecule has 0 saturated carbocycles. The maximum absolute atomic E-state index is 12.7. The van der Waals surface area contributed by atoms with Crippen LogP contribution in [-0.2, 0) is 9.59 Å². The smallest absolute Gasteiger partial charge is 0.295 e. The zero-order valence-corrected chi connectivity index (χ0v) is 14.6. The van der Waals surface area contributed by atoms with Gasteiger partial charge in [0.05, 0.1) is 16.6 Å². The van der Waals surface area contributed by atoms with Gasteiger partial charge in [-0.3, -0.25) is 24.3 Å². The Labute approximate surface area is 161 Å². The molecule has 2 aliphatic heterocycles. The summed E-state index contributed by atoms with van der Waals surface area (Å²) in [5.41, 5.74) is 1.34. The second-order valence-electron chi connectivity index (χ2n) is 6.37. The van der Waals surface area contributed by atoms with Crippen molar-refractivity contribution >= 4 is 34.7 Å². The first kappa shape index (κ1) is 16.9. The summed E-state index contributed by atoms with van der Waals surface area (Å²) < 4.78 is 0. The number of rotatable bonds is 4. The second-order valence-corrected chi connectivity index (χ2v) is 6.37. The van der Waals surface area contributed by atoms with Crippen molar-refractivity contribution < 1.29 is 28.9 Å². The van der Waals surface area contributed by atoms with Gasteiger partial charge in [-0.15, -0.1) is 10.2 Å². The van der Waals surface area contributed by atoms with Gasteiger partial charge in [0.25, 0.3) is 23.6 Å². The van der Waals surface area contributed by atoms with Crippen molar-refractivity contribution in [1.82, 2.24) is 25.5 Å². The van der Waals surface area contributed by atoms with E-state index in [2.05, 4.69) is 15.4 Å². The fourth-order valence-corrected chi connectivity index (χ4v) is 3.09. The maximum Gasteiger partial charge on any atom is 0.295 e. The SMILES string of the molecule is O=C1CCC(=O)N1Oc1ccc2c(c1)C(=O)N(Oc1ccc3nn[nH]c3c1)C2=O. The molecule has 144 valence electrons. The molecule has 11 nitrogen and oxygen atoms in total. The zero-order valence-electron chi connectivity index (χ0n) is 14.6. The number of carbonyl (C=O) groups excluding carboxylic acids is 4. The van der Waals surface area contributed by atoms with E-state index < -0.39 is 23.6 Å². The number of aromatic nitrogens is 3. The van der Waals surface area contributed by atoms with Gasteiger partial charge in [-0.05, 0) is 30.3 Å². The van der Waals surface area contributed by atoms with Gasteiger partial charge < -0.3 is 9.68 Å². The molecule has 1 N–H and O–H groups in total. The van der Waals surface area contributed by atoms with E-state index in [1.807, 2.05) is 0 Å². The van der Waals surface area contributed by atoms with Crippen molar-refractivity contribution in [3.8, 4) is 11.5 Å². The van der Waals surface area contributed by atoms with Gasteiger partial charge in [0.2, 0.25) is 0 Å². The van der Waals surface area contributed by atoms with Crippen molar-refractivity contribution in [3.63, 3.8) is 0 Å². The molecule has 2 aromatic carbocycles. The molecule has 0 atom stereocenters. The van der Waals surface area contributed by atoms with Gasteiger partial charge in [0, 0.05) is 18.9 Å². The Kier molecular flexibility index (Phi) is 3.56. The van der Waals surface area contributed by atoms with Crippen LogP contribution in [0.25, 0.3) is 11.0 Å². The minimum Gasteiger partial charge on any atom is -0.369 e. The second kappa shape index (κ2) is 6.12. The molecule has 29 heavy (non-hydrogen) atoms. The summed E-state index contributed by atoms with van der Waals surface area (Å²) in [6.45, 7) is 0. The van der Waals surface area contributed by atoms with Crippen molar-refractivity contribution in [2.24, 2.45) is 0 Å². The highest BCUT2D eigenvalue weighted by Crippen LogP contribution is 2.29. The van der Waals surface area contributed by atoms with Crippen molar-refractivity contribution in [3.05, 3.63) is 47.5 Å². The molecule has 0 aliphatic carbocycles. The predicted octanol–water partition coefficient (Wildman–Crippen LogP) is 0.991. The third-order valence-corrected chi connectivity index (χ3v) is 4.52. The summed E-state index contributed by atoms with van der Waals surface area (Å²) >= 11 is 0. The molecular weight excluding hydrogens is 382 g/mol. The quantitative estimate of drug-likeness (QED) is 0.649. The molecule has 3 aromatic rings. The molecule has 0 unspecified atom stereocenters. The van der Waals surface area contributed by atoms with Crippen molar-refractivity contribution in [2.45, 2.75) is 12.8 Å². The Bertz CT molecular complexity index is 1200. The number of carbonyl (C=O) groups is 4. The Morgan fingerprint density at radius 1 is 0.793 bits per heavy atom. The van der Waals surface area contributed by atoms with Crippen LogP contribution >= 0.6 is 0 Å². The van der Waals surface area contributed by atoms with Gasteiger partial charge in [-0.1, -0.05) is 10.3 Å². The normalized spacial score (nSPS) is 16.1. The highest BCUT2D eigenvalue weighted by molar-refractivity contribution is 6.20. The Hall–Kier alpha value is -4.28. The van der Waals surface area contributed by atoms with E-state index in [1.54, 1.807) is 18.2 Å². The number of imide groups is 2. The number of hydroxylamine groups is 4. The van der Waals surface area contributed by atoms with E-state index in [1.165, 1.54) is 18.2 Å². The van der Waals surface area contributed by atoms with Crippen molar-refractivity contribution in [1.29, 1.82) is 0 Å². The van der Waals surface area contributed by atoms with Crippen LogP contribution in [0.1, 0.15) is 33.6 Å². The number of benzene rings is 2. The van der Waals surface area contributed by atoms with E-state index >= 15 is 0 Å². The van der Waals surface area contributed by atoms with Gasteiger partial charge in [0.1, 0.15) is 5.52 Å². The standard InChI is InChI=1S/C18H11N5O6/c24-15-5-6-16(25)22(15)28-9-1-3-11-12(7-9)18(27)23(17(11)26)29-10-2-4-13-14(8-10)20-21-19-13/h1-4,7-8H,5-6H2,(H,19,20,21). The van der Waals surface area contributed by atoms with E-state index in [9.17, 15) is 19.2 Å². The number of hydrogen-bond acceptors (Lipinski definition) is 8. The lowest BCUT2D eigenvalue weighted by molar-refractivity contribution is -0.164. The van der Waals surface area contributed by atoms with Crippen LogP contribution in [0.2, 0.25) is 0 Å². The summed E-state index contributed by atoms with van der Waals surface area (Å²) in [5.74, 6) is -1.95. The summed E-state index contributed by atoms with van der Waals surface area (Å²) in [5, 5.41) is 11.5. The lowest BCUT2D eigenvalue weighted by Crippen LogP contribution is -2.33. The molecule has 0 bridgehead atoms. The van der Waals surface area contributed by atoms with Crippen LogP contribution in [0.3, 0.4) is 0 Å². The predicted molar refractivity (Wildman–Crippen MR) is 93.2 cm³/mol. The average molecular weight is 393 g/mol. The third kappa shape index (κ3) is 2.67. The van der Waals surface area contributed by atoms with Crippen LogP contribution in [0.4, 0.5) is 0 Å². The van der Waals surface area contributed by atoms with Crippen LogP contribution in [-0.4, -0.2) is 49.2 Å². The topological polar surface area (TPSA) is 135 Å². The maximum atomic E-state index is 12.7. The minimum atomic E-state index is -0.697. The number of amides is 4. The molecule has 1 fully saturated rings. The molecule has 1 saturated heterocycles. The fraction of sp³-hybridized carbons (Fsp3) is 0.111. The highest BCUT2D eigenvalue weighted by Gasteiger charge is 2.39. The molecule has 0 spiro atoms. The lowest BCUT2D eigenvalue weighted by atomic mass is 10.1. The van der Waals surface area contributed by atoms with Crippen LogP contribution in [0.15, 0.2) is 36.4 Å². The zero-order chi connectivity index (χ0) is 20.1. The van der Waals surface area contributed by atoms with E-state index in [0.717, 1.165) is 0 Å². The number of hydrogen-bond donors (Lipinski definition) is 1. The van der Waals surface area contributed by atoms with E-state index in [4.69, 9.17) is 9.68 Å². The van der Waals surface area contributed by atoms with E-state index in [-0.39, 0.29) is 35.5 Å². The van der Waals surface area contributed by atoms with Crippen molar-refractivity contribution in [2.75, 3.05) is 0 Å². The highest BCUT2D eigenvalue weighted by atomic mass is 16.7. The first-order chi connectivity index (χ1) is 14.0. The van der Waals surface area contributed by atoms with Gasteiger partial charge in [0.15, 0.2) is 11.5 Å². The largest absolute Gasteiger partial charge is 0.369 e. The summed E-state index contributed by atoms with van der Waals surface area (Å²) in [6.07, 6.45) is 0.137. The third-order valence-electron chi connectivity index (χ3n) is 4.52. The summed E-state index contributed by atoms with van der Waals surface area (Å²) in [4.78, 5) is 59.4. The number of nitrogens with zero attached hydrogens (tertiary/aromatic N) is 4. The van der Waals surface area contributed by atoms with Crippen LogP contribution in [0, 0.1) is 0 Å². The fourth-order valence-electron chi connectivity index (χ4n) is 3.09. The Balaban J connectivity index is 1.40. The monoisotopic (exact) mass is 393 g/mol. The van der Waals surface area contributed by atoms with Crippen LogP contribution < -0.4 is 9.68 Å². The minimum absolute atomic E-state index is 0.0379. The molecule has 2 aliphatic rings. The molecular formula is C18H11N5O6. The average Bonchev–Trinajstić information content (AvgIpc) is 3.37. The molecule has 11 heteroatoms. The summed E-state index contributed by atoms with van der Waals surface area (Å²) in [6, 6.07) is 8.80.